The van der Waals surface area contributed by atoms with Gasteiger partial charge in [0, 0.05) is 12.2 Å². The molecule has 68 valence electrons. The van der Waals surface area contributed by atoms with E-state index in [1.807, 2.05) is 13.8 Å². The van der Waals surface area contributed by atoms with Crippen LogP contribution >= 0.6 is 0 Å². The summed E-state index contributed by atoms with van der Waals surface area (Å²) in [6.45, 7) is 7.46. The summed E-state index contributed by atoms with van der Waals surface area (Å²) in [4.78, 5) is 11.0. The van der Waals surface area contributed by atoms with Gasteiger partial charge in [-0.25, -0.2) is 4.79 Å². The first-order chi connectivity index (χ1) is 5.61. The number of ether oxygens (including phenoxy) is 1. The van der Waals surface area contributed by atoms with Crippen LogP contribution in [0.15, 0.2) is 24.4 Å². The molecule has 0 rings (SSSR count). The number of nitrogens with one attached hydrogen (secondary N) is 1. The molecule has 0 aromatic heterocycles. The second kappa shape index (κ2) is 5.41. The second-order valence-corrected chi connectivity index (χ2v) is 2.62. The van der Waals surface area contributed by atoms with Crippen LogP contribution in [-0.4, -0.2) is 19.1 Å². The van der Waals surface area contributed by atoms with Crippen LogP contribution in [0.3, 0.4) is 0 Å². The van der Waals surface area contributed by atoms with Crippen molar-refractivity contribution >= 4 is 5.97 Å². The summed E-state index contributed by atoms with van der Waals surface area (Å²) in [7, 11) is 1.34. The van der Waals surface area contributed by atoms with Crippen molar-refractivity contribution in [2.75, 3.05) is 7.11 Å². The summed E-state index contributed by atoms with van der Waals surface area (Å²) < 4.78 is 4.52. The summed E-state index contributed by atoms with van der Waals surface area (Å²) in [5.41, 5.74) is 0.436. The fourth-order valence-corrected chi connectivity index (χ4v) is 0.575. The second-order valence-electron chi connectivity index (χ2n) is 2.62. The van der Waals surface area contributed by atoms with E-state index in [0.29, 0.717) is 11.6 Å². The van der Waals surface area contributed by atoms with Gasteiger partial charge in [0.15, 0.2) is 0 Å². The molecule has 0 radical (unpaired) electrons. The highest BCUT2D eigenvalue weighted by Crippen LogP contribution is 1.96. The van der Waals surface area contributed by atoms with E-state index in [1.54, 1.807) is 6.20 Å². The monoisotopic (exact) mass is 169 g/mol. The fraction of sp³-hybridized carbons (Fsp3) is 0.444. The summed E-state index contributed by atoms with van der Waals surface area (Å²) in [6.07, 6.45) is 3.06. The standard InChI is InChI=1S/C9H15NO2/c1-5-8(9(11)12-4)6-10-7(2)3/h5-7,10H,1H2,2-4H3/b8-6+. The van der Waals surface area contributed by atoms with Gasteiger partial charge in [-0.2, -0.15) is 0 Å². The minimum Gasteiger partial charge on any atom is -0.465 e. The molecule has 0 aliphatic heterocycles. The van der Waals surface area contributed by atoms with Gasteiger partial charge in [-0.3, -0.25) is 0 Å². The lowest BCUT2D eigenvalue weighted by Crippen LogP contribution is -2.18. The predicted octanol–water partition coefficient (Wildman–Crippen LogP) is 1.23. The molecular formula is C9H15NO2. The molecule has 0 heterocycles. The average molecular weight is 169 g/mol. The molecule has 0 aliphatic carbocycles. The van der Waals surface area contributed by atoms with Crippen molar-refractivity contribution < 1.29 is 9.53 Å². The summed E-state index contributed by atoms with van der Waals surface area (Å²) in [5, 5.41) is 2.98. The van der Waals surface area contributed by atoms with Crippen LogP contribution in [0.2, 0.25) is 0 Å². The summed E-state index contributed by atoms with van der Waals surface area (Å²) in [6, 6.07) is 0.296. The third kappa shape index (κ3) is 3.81. The van der Waals surface area contributed by atoms with Crippen LogP contribution in [0.1, 0.15) is 13.8 Å². The van der Waals surface area contributed by atoms with Gasteiger partial charge in [0.05, 0.1) is 12.7 Å². The van der Waals surface area contributed by atoms with E-state index in [2.05, 4.69) is 16.6 Å². The van der Waals surface area contributed by atoms with Crippen molar-refractivity contribution in [1.82, 2.24) is 5.32 Å². The van der Waals surface area contributed by atoms with E-state index >= 15 is 0 Å². The van der Waals surface area contributed by atoms with E-state index in [-0.39, 0.29) is 5.97 Å². The lowest BCUT2D eigenvalue weighted by Gasteiger charge is -2.05. The molecule has 3 nitrogen and oxygen atoms in total. The number of esters is 1. The molecule has 0 amide bonds. The lowest BCUT2D eigenvalue weighted by molar-refractivity contribution is -0.135. The molecule has 0 aliphatic rings. The molecule has 0 fully saturated rings. The minimum absolute atomic E-state index is 0.296. The van der Waals surface area contributed by atoms with Crippen LogP contribution in [0.25, 0.3) is 0 Å². The summed E-state index contributed by atoms with van der Waals surface area (Å²) >= 11 is 0. The Morgan fingerprint density at radius 1 is 1.58 bits per heavy atom. The number of rotatable bonds is 4. The third-order valence-corrected chi connectivity index (χ3v) is 1.21. The van der Waals surface area contributed by atoms with Crippen molar-refractivity contribution in [2.24, 2.45) is 0 Å². The normalized spacial score (nSPS) is 11.2. The Hall–Kier alpha value is -1.25. The molecule has 0 saturated carbocycles. The van der Waals surface area contributed by atoms with Gasteiger partial charge >= 0.3 is 5.97 Å². The van der Waals surface area contributed by atoms with Crippen molar-refractivity contribution in [3.63, 3.8) is 0 Å². The topological polar surface area (TPSA) is 38.3 Å². The Labute approximate surface area is 73.1 Å². The molecule has 1 N–H and O–H groups in total. The molecule has 3 heteroatoms. The van der Waals surface area contributed by atoms with Gasteiger partial charge in [-0.15, -0.1) is 0 Å². The first-order valence-electron chi connectivity index (χ1n) is 3.78. The van der Waals surface area contributed by atoms with Crippen LogP contribution in [0.4, 0.5) is 0 Å². The zero-order valence-corrected chi connectivity index (χ0v) is 7.76. The molecule has 0 aromatic rings. The first-order valence-corrected chi connectivity index (χ1v) is 3.78. The molecule has 0 saturated heterocycles. The van der Waals surface area contributed by atoms with Gasteiger partial charge < -0.3 is 10.1 Å². The van der Waals surface area contributed by atoms with Gasteiger partial charge in [-0.1, -0.05) is 12.7 Å². The number of hydrogen-bond acceptors (Lipinski definition) is 3. The van der Waals surface area contributed by atoms with Gasteiger partial charge in [0.2, 0.25) is 0 Å². The van der Waals surface area contributed by atoms with E-state index in [1.165, 1.54) is 13.2 Å². The molecule has 0 unspecified atom stereocenters. The SMILES string of the molecule is C=C/C(=C\NC(C)C)C(=O)OC. The van der Waals surface area contributed by atoms with Gasteiger partial charge in [-0.05, 0) is 13.8 Å². The Bertz CT molecular complexity index is 195. The Morgan fingerprint density at radius 2 is 2.17 bits per heavy atom. The van der Waals surface area contributed by atoms with Crippen LogP contribution in [0.5, 0.6) is 0 Å². The quantitative estimate of drug-likeness (QED) is 0.391. The number of methoxy groups -OCH3 is 1. The molecule has 12 heavy (non-hydrogen) atoms. The highest BCUT2D eigenvalue weighted by atomic mass is 16.5. The van der Waals surface area contributed by atoms with E-state index < -0.39 is 0 Å². The Morgan fingerprint density at radius 3 is 2.50 bits per heavy atom. The van der Waals surface area contributed by atoms with Crippen LogP contribution in [0, 0.1) is 0 Å². The smallest absolute Gasteiger partial charge is 0.339 e. The number of hydrogen-bond donors (Lipinski definition) is 1. The van der Waals surface area contributed by atoms with E-state index in [4.69, 9.17) is 0 Å². The predicted molar refractivity (Wildman–Crippen MR) is 48.6 cm³/mol. The molecule has 0 bridgehead atoms. The number of carbonyl (C=O) groups is 1. The van der Waals surface area contributed by atoms with Crippen molar-refractivity contribution in [2.45, 2.75) is 19.9 Å². The summed E-state index contributed by atoms with van der Waals surface area (Å²) in [5.74, 6) is -0.377. The van der Waals surface area contributed by atoms with Crippen molar-refractivity contribution in [3.8, 4) is 0 Å². The van der Waals surface area contributed by atoms with Crippen LogP contribution < -0.4 is 5.32 Å². The maximum Gasteiger partial charge on any atom is 0.339 e. The molecule has 0 atom stereocenters. The fourth-order valence-electron chi connectivity index (χ4n) is 0.575. The minimum atomic E-state index is -0.377. The van der Waals surface area contributed by atoms with E-state index in [0.717, 1.165) is 0 Å². The van der Waals surface area contributed by atoms with Gasteiger partial charge in [0.25, 0.3) is 0 Å². The first kappa shape index (κ1) is 10.8. The highest BCUT2D eigenvalue weighted by Gasteiger charge is 2.03. The Kier molecular flexibility index (Phi) is 4.84. The maximum absolute atomic E-state index is 11.0. The van der Waals surface area contributed by atoms with Gasteiger partial charge in [0.1, 0.15) is 0 Å². The van der Waals surface area contributed by atoms with Crippen LogP contribution in [-0.2, 0) is 9.53 Å². The molecular weight excluding hydrogens is 154 g/mol. The zero-order valence-electron chi connectivity index (χ0n) is 7.76. The van der Waals surface area contributed by atoms with E-state index in [9.17, 15) is 4.79 Å². The average Bonchev–Trinajstić information content (AvgIpc) is 2.04. The molecule has 0 aromatic carbocycles. The maximum atomic E-state index is 11.0. The van der Waals surface area contributed by atoms with Crippen molar-refractivity contribution in [1.29, 1.82) is 0 Å². The molecule has 0 spiro atoms. The lowest BCUT2D eigenvalue weighted by atomic mass is 10.3. The third-order valence-electron chi connectivity index (χ3n) is 1.21. The number of carbonyl (C=O) groups excluding carboxylic acids is 1. The van der Waals surface area contributed by atoms with Crippen molar-refractivity contribution in [3.05, 3.63) is 24.4 Å². The highest BCUT2D eigenvalue weighted by molar-refractivity contribution is 5.91. The largest absolute Gasteiger partial charge is 0.465 e. The Balaban J connectivity index is 4.23. The zero-order chi connectivity index (χ0) is 9.56.